The van der Waals surface area contributed by atoms with Gasteiger partial charge in [0.25, 0.3) is 0 Å². The minimum absolute atomic E-state index is 1.23. The van der Waals surface area contributed by atoms with E-state index in [1.54, 1.807) is 0 Å². The zero-order valence-corrected chi connectivity index (χ0v) is 7.33. The fourth-order valence-electron chi connectivity index (χ4n) is 1.63. The molecular formula is C9H9B2N. The maximum absolute atomic E-state index is 4.15. The number of nitrogens with zero attached hydrogens (tertiary/aromatic N) is 1. The van der Waals surface area contributed by atoms with Crippen LogP contribution in [0.1, 0.15) is 11.0 Å². The number of rotatable bonds is 0. The van der Waals surface area contributed by atoms with Gasteiger partial charge in [-0.2, -0.15) is 0 Å². The van der Waals surface area contributed by atoms with E-state index in [1.165, 1.54) is 21.8 Å². The summed E-state index contributed by atoms with van der Waals surface area (Å²) in [7, 11) is 1.91. The van der Waals surface area contributed by atoms with Crippen LogP contribution in [0.2, 0.25) is 0 Å². The van der Waals surface area contributed by atoms with E-state index in [1.807, 2.05) is 13.2 Å². The number of aryl methyl sites for hydroxylation is 2. The Hall–Kier alpha value is -0.980. The van der Waals surface area contributed by atoms with Crippen LogP contribution in [0.4, 0.5) is 0 Å². The standard InChI is InChI=1S/C9H9B2N/c1-6-3-10-4-8-5-12-11-7(2)9(6)8/h3-5H,1-2H3. The summed E-state index contributed by atoms with van der Waals surface area (Å²) in [6, 6.07) is 0. The van der Waals surface area contributed by atoms with Crippen molar-refractivity contribution in [2.45, 2.75) is 13.8 Å². The molecule has 2 aromatic rings. The van der Waals surface area contributed by atoms with Gasteiger partial charge in [0.05, 0.1) is 0 Å². The van der Waals surface area contributed by atoms with Crippen LogP contribution in [0.15, 0.2) is 18.1 Å². The summed E-state index contributed by atoms with van der Waals surface area (Å²) in [4.78, 5) is 4.15. The van der Waals surface area contributed by atoms with Crippen LogP contribution in [-0.4, -0.2) is 18.9 Å². The Kier molecular flexibility index (Phi) is 1.80. The van der Waals surface area contributed by atoms with Crippen LogP contribution in [0.5, 0.6) is 0 Å². The fourth-order valence-corrected chi connectivity index (χ4v) is 1.63. The van der Waals surface area contributed by atoms with Crippen molar-refractivity contribution in [2.75, 3.05) is 0 Å². The molecule has 0 fully saturated rings. The second kappa shape index (κ2) is 2.81. The Morgan fingerprint density at radius 3 is 2.83 bits per heavy atom. The molecule has 0 bridgehead atoms. The number of fused-ring (bicyclic) bond motifs is 1. The van der Waals surface area contributed by atoms with Gasteiger partial charge < -0.3 is 0 Å². The molecule has 56 valence electrons. The second-order valence-electron chi connectivity index (χ2n) is 3.13. The summed E-state index contributed by atoms with van der Waals surface area (Å²) in [5, 5.41) is 2.57. The Balaban J connectivity index is 2.96. The molecule has 0 N–H and O–H groups in total. The second-order valence-corrected chi connectivity index (χ2v) is 3.13. The summed E-state index contributed by atoms with van der Waals surface area (Å²) in [6.07, 6.45) is 1.91. The van der Waals surface area contributed by atoms with E-state index < -0.39 is 0 Å². The first-order valence-electron chi connectivity index (χ1n) is 4.09. The summed E-state index contributed by atoms with van der Waals surface area (Å²) in [5.74, 6) is 4.23. The van der Waals surface area contributed by atoms with Crippen molar-refractivity contribution in [1.29, 1.82) is 0 Å². The molecule has 0 aliphatic heterocycles. The predicted octanol–water partition coefficient (Wildman–Crippen LogP) is 1.53. The van der Waals surface area contributed by atoms with Crippen LogP contribution >= 0.6 is 0 Å². The first kappa shape index (κ1) is 7.66. The van der Waals surface area contributed by atoms with Crippen molar-refractivity contribution in [3.8, 4) is 0 Å². The molecular weight excluding hydrogens is 144 g/mol. The van der Waals surface area contributed by atoms with Crippen molar-refractivity contribution >= 4 is 24.7 Å². The third kappa shape index (κ3) is 1.09. The monoisotopic (exact) mass is 153 g/mol. The van der Waals surface area contributed by atoms with Crippen molar-refractivity contribution in [3.05, 3.63) is 29.1 Å². The van der Waals surface area contributed by atoms with E-state index >= 15 is 0 Å². The van der Waals surface area contributed by atoms with Gasteiger partial charge in [0.1, 0.15) is 0 Å². The fraction of sp³-hybridized carbons (Fsp3) is 0.222. The van der Waals surface area contributed by atoms with Crippen LogP contribution in [0.25, 0.3) is 10.8 Å². The van der Waals surface area contributed by atoms with E-state index in [0.717, 1.165) is 0 Å². The molecule has 0 saturated heterocycles. The average Bonchev–Trinajstić information content (AvgIpc) is 2.04. The van der Waals surface area contributed by atoms with Crippen LogP contribution in [-0.2, 0) is 0 Å². The summed E-state index contributed by atoms with van der Waals surface area (Å²) in [6.45, 7) is 6.30. The summed E-state index contributed by atoms with van der Waals surface area (Å²) < 4.78 is 0. The molecule has 0 spiro atoms. The third-order valence-corrected chi connectivity index (χ3v) is 2.18. The molecule has 0 radical (unpaired) electrons. The van der Waals surface area contributed by atoms with E-state index in [2.05, 4.69) is 37.6 Å². The molecule has 0 atom stereocenters. The number of hydrogen-bond acceptors (Lipinski definition) is 1. The predicted molar refractivity (Wildman–Crippen MR) is 53.9 cm³/mol. The van der Waals surface area contributed by atoms with Gasteiger partial charge >= 0.3 is 72.6 Å². The van der Waals surface area contributed by atoms with Crippen LogP contribution < -0.4 is 0 Å². The van der Waals surface area contributed by atoms with Gasteiger partial charge in [-0.1, -0.05) is 0 Å². The molecule has 2 heterocycles. The van der Waals surface area contributed by atoms with Crippen molar-refractivity contribution in [3.63, 3.8) is 0 Å². The van der Waals surface area contributed by atoms with Crippen molar-refractivity contribution in [1.82, 2.24) is 4.89 Å². The van der Waals surface area contributed by atoms with Gasteiger partial charge in [0, 0.05) is 0 Å². The average molecular weight is 153 g/mol. The molecule has 0 unspecified atom stereocenters. The van der Waals surface area contributed by atoms with E-state index in [0.29, 0.717) is 0 Å². The Morgan fingerprint density at radius 2 is 2.08 bits per heavy atom. The van der Waals surface area contributed by atoms with Crippen LogP contribution in [0, 0.1) is 13.8 Å². The van der Waals surface area contributed by atoms with Crippen molar-refractivity contribution in [2.24, 2.45) is 0 Å². The Labute approximate surface area is 73.3 Å². The number of hydrogen-bond donors (Lipinski definition) is 0. The first-order chi connectivity index (χ1) is 5.79. The molecule has 0 aromatic carbocycles. The van der Waals surface area contributed by atoms with Gasteiger partial charge in [-0.05, 0) is 0 Å². The van der Waals surface area contributed by atoms with Crippen LogP contribution in [0.3, 0.4) is 0 Å². The zero-order valence-electron chi connectivity index (χ0n) is 7.33. The maximum atomic E-state index is 4.15. The van der Waals surface area contributed by atoms with Gasteiger partial charge in [-0.15, -0.1) is 0 Å². The summed E-state index contributed by atoms with van der Waals surface area (Å²) in [5.41, 5.74) is 2.58. The Morgan fingerprint density at radius 1 is 1.25 bits per heavy atom. The van der Waals surface area contributed by atoms with E-state index in [9.17, 15) is 0 Å². The van der Waals surface area contributed by atoms with Gasteiger partial charge in [0.15, 0.2) is 0 Å². The molecule has 2 aromatic heterocycles. The molecule has 1 nitrogen and oxygen atoms in total. The first-order valence-corrected chi connectivity index (χ1v) is 4.09. The SMILES string of the molecule is Cc1bncc2cbcc(C)c12. The molecule has 0 saturated carbocycles. The summed E-state index contributed by atoms with van der Waals surface area (Å²) >= 11 is 0. The third-order valence-electron chi connectivity index (χ3n) is 2.18. The minimum atomic E-state index is 1.23. The topological polar surface area (TPSA) is 12.9 Å². The normalized spacial score (nSPS) is 9.83. The quantitative estimate of drug-likeness (QED) is 0.558. The van der Waals surface area contributed by atoms with Gasteiger partial charge in [0.2, 0.25) is 0 Å². The molecule has 0 amide bonds. The molecule has 0 aliphatic carbocycles. The number of aromatic nitrogens is 1. The van der Waals surface area contributed by atoms with E-state index in [-0.39, 0.29) is 0 Å². The Bertz CT molecular complexity index is 389. The molecule has 3 heteroatoms. The molecule has 2 rings (SSSR count). The van der Waals surface area contributed by atoms with E-state index in [4.69, 9.17) is 0 Å². The zero-order chi connectivity index (χ0) is 8.55. The van der Waals surface area contributed by atoms with Gasteiger partial charge in [-0.3, -0.25) is 0 Å². The van der Waals surface area contributed by atoms with Crippen molar-refractivity contribution < 1.29 is 0 Å². The molecule has 12 heavy (non-hydrogen) atoms. The van der Waals surface area contributed by atoms with Gasteiger partial charge in [-0.25, -0.2) is 0 Å². The molecule has 0 aliphatic rings.